The molecule has 0 aliphatic carbocycles. The van der Waals surface area contributed by atoms with Crippen molar-refractivity contribution in [3.05, 3.63) is 59.1 Å². The summed E-state index contributed by atoms with van der Waals surface area (Å²) in [5.74, 6) is 2.42. The van der Waals surface area contributed by atoms with E-state index < -0.39 is 9.84 Å². The van der Waals surface area contributed by atoms with Crippen molar-refractivity contribution in [2.45, 2.75) is 11.5 Å². The number of benzene rings is 2. The van der Waals surface area contributed by atoms with Gasteiger partial charge < -0.3 is 4.74 Å². The Labute approximate surface area is 129 Å². The molecule has 21 heavy (non-hydrogen) atoms. The topological polar surface area (TPSA) is 43.4 Å². The Morgan fingerprint density at radius 1 is 1.05 bits per heavy atom. The lowest BCUT2D eigenvalue weighted by Gasteiger charge is -2.07. The summed E-state index contributed by atoms with van der Waals surface area (Å²) in [6.45, 7) is 0.383. The van der Waals surface area contributed by atoms with Crippen molar-refractivity contribution in [1.29, 1.82) is 0 Å². The summed E-state index contributed by atoms with van der Waals surface area (Å²) >= 11 is 5.80. The number of hydrogen-bond acceptors (Lipinski definition) is 3. The lowest BCUT2D eigenvalue weighted by atomic mass is 10.2. The molecule has 0 saturated carbocycles. The number of rotatable bonds is 5. The zero-order valence-electron chi connectivity index (χ0n) is 11.1. The van der Waals surface area contributed by atoms with E-state index >= 15 is 0 Å². The zero-order valence-corrected chi connectivity index (χ0v) is 12.7. The van der Waals surface area contributed by atoms with E-state index in [1.165, 1.54) is 12.1 Å². The normalized spacial score (nSPS) is 10.9. The summed E-state index contributed by atoms with van der Waals surface area (Å²) in [5.41, 5.74) is 0.975. The van der Waals surface area contributed by atoms with Gasteiger partial charge in [-0.25, -0.2) is 8.42 Å². The van der Waals surface area contributed by atoms with Crippen molar-refractivity contribution >= 4 is 21.4 Å². The van der Waals surface area contributed by atoms with Gasteiger partial charge in [-0.1, -0.05) is 29.7 Å². The van der Waals surface area contributed by atoms with Crippen LogP contribution in [0.4, 0.5) is 0 Å². The smallest absolute Gasteiger partial charge is 0.189 e. The molecule has 0 fully saturated rings. The van der Waals surface area contributed by atoms with Crippen LogP contribution in [0.2, 0.25) is 5.02 Å². The molecule has 0 radical (unpaired) electrons. The molecule has 0 atom stereocenters. The van der Waals surface area contributed by atoms with Gasteiger partial charge in [-0.2, -0.15) is 0 Å². The average molecular weight is 321 g/mol. The van der Waals surface area contributed by atoms with E-state index in [2.05, 4.69) is 5.92 Å². The van der Waals surface area contributed by atoms with Crippen LogP contribution in [-0.2, 0) is 16.4 Å². The molecule has 0 saturated heterocycles. The van der Waals surface area contributed by atoms with Gasteiger partial charge in [-0.05, 0) is 42.0 Å². The van der Waals surface area contributed by atoms with Crippen LogP contribution in [0.25, 0.3) is 0 Å². The molecule has 0 amide bonds. The Kier molecular flexibility index (Phi) is 4.89. The minimum Gasteiger partial charge on any atom is -0.489 e. The molecule has 0 unspecified atom stereocenters. The molecule has 0 heterocycles. The number of terminal acetylenes is 1. The third-order valence-corrected chi connectivity index (χ3v) is 4.56. The summed E-state index contributed by atoms with van der Waals surface area (Å²) in [6, 6.07) is 13.5. The summed E-state index contributed by atoms with van der Waals surface area (Å²) in [4.78, 5) is 0.194. The average Bonchev–Trinajstić information content (AvgIpc) is 2.47. The summed E-state index contributed by atoms with van der Waals surface area (Å²) in [7, 11) is -3.41. The Morgan fingerprint density at radius 3 is 2.24 bits per heavy atom. The van der Waals surface area contributed by atoms with Crippen LogP contribution < -0.4 is 4.74 Å². The van der Waals surface area contributed by atoms with Crippen LogP contribution in [0, 0.1) is 12.3 Å². The van der Waals surface area contributed by atoms with Crippen LogP contribution >= 0.6 is 11.6 Å². The number of hydrogen-bond donors (Lipinski definition) is 0. The monoisotopic (exact) mass is 320 g/mol. The Bertz CT molecular complexity index is 742. The molecule has 2 rings (SSSR count). The summed E-state index contributed by atoms with van der Waals surface area (Å²) in [5, 5.41) is 0.668. The fourth-order valence-corrected chi connectivity index (χ4v) is 2.75. The van der Waals surface area contributed by atoms with Gasteiger partial charge in [0.1, 0.15) is 18.1 Å². The predicted octanol–water partition coefficient (Wildman–Crippen LogP) is 3.33. The number of halogens is 1. The van der Waals surface area contributed by atoms with Gasteiger partial charge in [-0.15, -0.1) is 6.42 Å². The highest BCUT2D eigenvalue weighted by Gasteiger charge is 2.12. The molecule has 0 N–H and O–H groups in total. The van der Waals surface area contributed by atoms with E-state index in [0.717, 1.165) is 5.56 Å². The van der Waals surface area contributed by atoms with Crippen molar-refractivity contribution in [1.82, 2.24) is 0 Å². The maximum Gasteiger partial charge on any atom is 0.189 e. The lowest BCUT2D eigenvalue weighted by molar-refractivity contribution is 0.306. The lowest BCUT2D eigenvalue weighted by Crippen LogP contribution is -2.04. The SMILES string of the molecule is C#CCS(=O)(=O)c1ccc(OCc2ccc(Cl)cc2)cc1. The Morgan fingerprint density at radius 2 is 1.67 bits per heavy atom. The minimum absolute atomic E-state index is 0.194. The van der Waals surface area contributed by atoms with Gasteiger partial charge in [0.2, 0.25) is 0 Å². The molecule has 0 aliphatic rings. The highest BCUT2D eigenvalue weighted by atomic mass is 35.5. The third kappa shape index (κ3) is 4.25. The summed E-state index contributed by atoms with van der Waals surface area (Å²) < 4.78 is 29.1. The van der Waals surface area contributed by atoms with Crippen molar-refractivity contribution in [2.24, 2.45) is 0 Å². The van der Waals surface area contributed by atoms with Crippen molar-refractivity contribution in [3.63, 3.8) is 0 Å². The van der Waals surface area contributed by atoms with E-state index in [4.69, 9.17) is 22.8 Å². The second-order valence-electron chi connectivity index (χ2n) is 4.35. The van der Waals surface area contributed by atoms with Crippen LogP contribution in [0.1, 0.15) is 5.56 Å². The van der Waals surface area contributed by atoms with Gasteiger partial charge in [0.05, 0.1) is 4.90 Å². The highest BCUT2D eigenvalue weighted by Crippen LogP contribution is 2.18. The first-order valence-electron chi connectivity index (χ1n) is 6.15. The predicted molar refractivity (Wildman–Crippen MR) is 83.1 cm³/mol. The fourth-order valence-electron chi connectivity index (χ4n) is 1.68. The molecule has 0 aromatic heterocycles. The minimum atomic E-state index is -3.41. The highest BCUT2D eigenvalue weighted by molar-refractivity contribution is 7.91. The molecular weight excluding hydrogens is 308 g/mol. The first-order valence-corrected chi connectivity index (χ1v) is 8.18. The van der Waals surface area contributed by atoms with Gasteiger partial charge >= 0.3 is 0 Å². The van der Waals surface area contributed by atoms with E-state index in [1.807, 2.05) is 12.1 Å². The molecule has 2 aromatic rings. The van der Waals surface area contributed by atoms with E-state index in [1.54, 1.807) is 24.3 Å². The van der Waals surface area contributed by atoms with Gasteiger partial charge in [0.15, 0.2) is 9.84 Å². The standard InChI is InChI=1S/C16H13ClO3S/c1-2-11-21(18,19)16-9-7-15(8-10-16)20-12-13-3-5-14(17)6-4-13/h1,3-10H,11-12H2. The molecule has 2 aromatic carbocycles. The first kappa shape index (κ1) is 15.4. The second-order valence-corrected chi connectivity index (χ2v) is 6.78. The third-order valence-electron chi connectivity index (χ3n) is 2.77. The maximum atomic E-state index is 11.8. The van der Waals surface area contributed by atoms with Crippen molar-refractivity contribution < 1.29 is 13.2 Å². The molecule has 3 nitrogen and oxygen atoms in total. The van der Waals surface area contributed by atoms with Crippen molar-refractivity contribution in [2.75, 3.05) is 5.75 Å². The van der Waals surface area contributed by atoms with Crippen LogP contribution in [0.3, 0.4) is 0 Å². The molecular formula is C16H13ClO3S. The molecule has 0 spiro atoms. The molecule has 108 valence electrons. The Hall–Kier alpha value is -1.96. The molecule has 0 aliphatic heterocycles. The number of sulfone groups is 1. The molecule has 5 heteroatoms. The van der Waals surface area contributed by atoms with Gasteiger partial charge in [-0.3, -0.25) is 0 Å². The molecule has 0 bridgehead atoms. The van der Waals surface area contributed by atoms with E-state index in [0.29, 0.717) is 17.4 Å². The number of ether oxygens (including phenoxy) is 1. The van der Waals surface area contributed by atoms with Crippen LogP contribution in [0.5, 0.6) is 5.75 Å². The van der Waals surface area contributed by atoms with Gasteiger partial charge in [0.25, 0.3) is 0 Å². The Balaban J connectivity index is 2.03. The quantitative estimate of drug-likeness (QED) is 0.794. The van der Waals surface area contributed by atoms with E-state index in [9.17, 15) is 8.42 Å². The van der Waals surface area contributed by atoms with Crippen LogP contribution in [-0.4, -0.2) is 14.2 Å². The second kappa shape index (κ2) is 6.66. The zero-order chi connectivity index (χ0) is 15.3. The van der Waals surface area contributed by atoms with Gasteiger partial charge in [0, 0.05) is 5.02 Å². The van der Waals surface area contributed by atoms with Crippen molar-refractivity contribution in [3.8, 4) is 18.1 Å². The van der Waals surface area contributed by atoms with E-state index in [-0.39, 0.29) is 10.6 Å². The first-order chi connectivity index (χ1) is 10.0. The largest absolute Gasteiger partial charge is 0.489 e. The fraction of sp³-hybridized carbons (Fsp3) is 0.125. The maximum absolute atomic E-state index is 11.8. The van der Waals surface area contributed by atoms with Crippen LogP contribution in [0.15, 0.2) is 53.4 Å². The summed E-state index contributed by atoms with van der Waals surface area (Å²) in [6.07, 6.45) is 5.04.